The van der Waals surface area contributed by atoms with E-state index in [1.807, 2.05) is 0 Å². The van der Waals surface area contributed by atoms with Crippen molar-refractivity contribution >= 4 is 36.2 Å². The molecule has 0 aromatic rings. The molecule has 6 saturated carbocycles. The van der Waals surface area contributed by atoms with E-state index in [2.05, 4.69) is 16.0 Å². The van der Waals surface area contributed by atoms with Gasteiger partial charge in [0.25, 0.3) is 0 Å². The van der Waals surface area contributed by atoms with Gasteiger partial charge in [0.15, 0.2) is 24.4 Å². The van der Waals surface area contributed by atoms with Crippen molar-refractivity contribution in [3.8, 4) is 0 Å². The van der Waals surface area contributed by atoms with Crippen LogP contribution in [0.15, 0.2) is 0 Å². The van der Waals surface area contributed by atoms with Crippen LogP contribution in [0.5, 0.6) is 0 Å². The molecule has 15 nitrogen and oxygen atoms in total. The number of hydrogen-bond donors (Lipinski definition) is 3. The molecule has 374 valence electrons. The third kappa shape index (κ3) is 18.7. The van der Waals surface area contributed by atoms with Crippen molar-refractivity contribution in [1.82, 2.24) is 16.0 Å². The Hall–Kier alpha value is -3.78. The quantitative estimate of drug-likeness (QED) is 0.0774. The molecule has 4 unspecified atom stereocenters. The average molecular weight is 930 g/mol. The molecule has 3 amide bonds. The average Bonchev–Trinajstić information content (AvgIpc) is 3.32. The number of carbonyl (C=O) groups excluding carboxylic acids is 6. The molecule has 6 fully saturated rings. The summed E-state index contributed by atoms with van der Waals surface area (Å²) in [7, 11) is 0. The van der Waals surface area contributed by atoms with Crippen LogP contribution in [0.4, 0.5) is 14.4 Å². The van der Waals surface area contributed by atoms with Gasteiger partial charge in [-0.1, -0.05) is 116 Å². The van der Waals surface area contributed by atoms with Crippen LogP contribution in [0.1, 0.15) is 212 Å². The van der Waals surface area contributed by atoms with Crippen molar-refractivity contribution in [1.29, 1.82) is 0 Å². The normalized spacial score (nSPS) is 22.9. The number of rotatable bonds is 20. The van der Waals surface area contributed by atoms with Crippen molar-refractivity contribution in [3.05, 3.63) is 0 Å². The minimum absolute atomic E-state index is 0.0547. The fourth-order valence-corrected chi connectivity index (χ4v) is 11.4. The fourth-order valence-electron chi connectivity index (χ4n) is 11.4. The van der Waals surface area contributed by atoms with E-state index in [0.29, 0.717) is 0 Å². The van der Waals surface area contributed by atoms with E-state index in [1.54, 1.807) is 0 Å². The lowest BCUT2D eigenvalue weighted by atomic mass is 9.87. The molecular weight excluding hydrogens is 847 g/mol. The van der Waals surface area contributed by atoms with E-state index >= 15 is 0 Å². The van der Waals surface area contributed by atoms with E-state index in [4.69, 9.17) is 28.4 Å². The van der Waals surface area contributed by atoms with Crippen LogP contribution in [0.25, 0.3) is 0 Å². The first-order valence-electron chi connectivity index (χ1n) is 26.6. The molecule has 15 heteroatoms. The van der Waals surface area contributed by atoms with E-state index in [9.17, 15) is 28.8 Å². The molecule has 0 radical (unpaired) electrons. The highest BCUT2D eigenvalue weighted by Gasteiger charge is 2.47. The molecule has 0 heterocycles. The smallest absolute Gasteiger partial charge is 0.407 e. The molecule has 0 bridgehead atoms. The highest BCUT2D eigenvalue weighted by atomic mass is 16.7. The summed E-state index contributed by atoms with van der Waals surface area (Å²) in [6.45, 7) is -1.09. The van der Waals surface area contributed by atoms with E-state index in [0.717, 1.165) is 193 Å². The van der Waals surface area contributed by atoms with Crippen molar-refractivity contribution in [2.75, 3.05) is 13.2 Å². The topological polar surface area (TPSA) is 194 Å². The molecule has 6 aliphatic rings. The predicted molar refractivity (Wildman–Crippen MR) is 246 cm³/mol. The summed E-state index contributed by atoms with van der Waals surface area (Å²) < 4.78 is 36.9. The lowest BCUT2D eigenvalue weighted by Gasteiger charge is -2.37. The fraction of sp³-hybridized carbons (Fsp3) is 0.882. The zero-order valence-electron chi connectivity index (χ0n) is 39.9. The van der Waals surface area contributed by atoms with Crippen molar-refractivity contribution in [2.45, 2.75) is 254 Å². The summed E-state index contributed by atoms with van der Waals surface area (Å²) in [5.41, 5.74) is 0. The number of nitrogens with one attached hydrogen (secondary N) is 3. The van der Waals surface area contributed by atoms with E-state index < -0.39 is 73.8 Å². The zero-order valence-corrected chi connectivity index (χ0v) is 39.9. The number of amides is 3. The summed E-state index contributed by atoms with van der Waals surface area (Å²) in [4.78, 5) is 83.6. The van der Waals surface area contributed by atoms with Gasteiger partial charge in [0, 0.05) is 37.4 Å². The van der Waals surface area contributed by atoms with Crippen LogP contribution in [-0.4, -0.2) is 91.9 Å². The largest absolute Gasteiger partial charge is 0.462 e. The number of hydrogen-bond acceptors (Lipinski definition) is 12. The first kappa shape index (κ1) is 51.6. The Morgan fingerprint density at radius 1 is 0.333 bits per heavy atom. The van der Waals surface area contributed by atoms with Gasteiger partial charge in [-0.15, -0.1) is 0 Å². The Bertz CT molecular complexity index is 1380. The summed E-state index contributed by atoms with van der Waals surface area (Å²) in [6, 6.07) is -0.409. The second kappa shape index (κ2) is 28.5. The predicted octanol–water partition coefficient (Wildman–Crippen LogP) is 10.2. The number of carbonyl (C=O) groups is 6. The van der Waals surface area contributed by atoms with Crippen LogP contribution in [0.2, 0.25) is 0 Å². The Labute approximate surface area is 393 Å². The van der Waals surface area contributed by atoms with Crippen molar-refractivity contribution in [3.63, 3.8) is 0 Å². The highest BCUT2D eigenvalue weighted by Crippen LogP contribution is 2.31. The van der Waals surface area contributed by atoms with Gasteiger partial charge in [-0.3, -0.25) is 14.4 Å². The van der Waals surface area contributed by atoms with E-state index in [1.165, 1.54) is 0 Å². The van der Waals surface area contributed by atoms with Gasteiger partial charge < -0.3 is 44.4 Å². The Morgan fingerprint density at radius 3 is 1.09 bits per heavy atom. The van der Waals surface area contributed by atoms with Crippen LogP contribution in [0.3, 0.4) is 0 Å². The highest BCUT2D eigenvalue weighted by molar-refractivity contribution is 5.73. The molecule has 0 saturated heterocycles. The molecule has 6 aliphatic carbocycles. The van der Waals surface area contributed by atoms with Gasteiger partial charge in [0.2, 0.25) is 0 Å². The van der Waals surface area contributed by atoms with Gasteiger partial charge >= 0.3 is 36.2 Å². The van der Waals surface area contributed by atoms with Crippen molar-refractivity contribution < 1.29 is 57.2 Å². The Kier molecular flexibility index (Phi) is 22.3. The maximum Gasteiger partial charge on any atom is 0.407 e. The maximum atomic E-state index is 14.3. The molecule has 4 atom stereocenters. The Balaban J connectivity index is 1.34. The first-order chi connectivity index (χ1) is 32.2. The molecular formula is C51H83N3O12. The van der Waals surface area contributed by atoms with Crippen LogP contribution >= 0.6 is 0 Å². The third-order valence-electron chi connectivity index (χ3n) is 15.2. The third-order valence-corrected chi connectivity index (χ3v) is 15.2. The molecule has 6 rings (SSSR count). The minimum Gasteiger partial charge on any atom is -0.462 e. The number of ether oxygens (including phenoxy) is 6. The SMILES string of the molecule is O=C(CC1CCCCC1)OCC(OC(=O)NC1CCCCC1)C(OC(=O)CC1CCCCC1)C(OC(=O)NC1CCCCC1)C(COC(=O)NC1CCCCC1)OC(=O)CC1CCCCC1. The van der Waals surface area contributed by atoms with Crippen molar-refractivity contribution in [2.24, 2.45) is 17.8 Å². The maximum absolute atomic E-state index is 14.3. The van der Waals surface area contributed by atoms with E-state index in [-0.39, 0.29) is 55.1 Å². The molecule has 0 aliphatic heterocycles. The number of esters is 3. The second-order valence-electron chi connectivity index (χ2n) is 20.6. The van der Waals surface area contributed by atoms with Gasteiger partial charge in [-0.05, 0) is 94.8 Å². The van der Waals surface area contributed by atoms with Gasteiger partial charge in [0.1, 0.15) is 13.2 Å². The van der Waals surface area contributed by atoms with Crippen LogP contribution < -0.4 is 16.0 Å². The monoisotopic (exact) mass is 930 g/mol. The van der Waals surface area contributed by atoms with Crippen LogP contribution in [-0.2, 0) is 42.8 Å². The van der Waals surface area contributed by atoms with Gasteiger partial charge in [0.05, 0.1) is 0 Å². The van der Waals surface area contributed by atoms with Gasteiger partial charge in [-0.25, -0.2) is 14.4 Å². The Morgan fingerprint density at radius 2 is 0.652 bits per heavy atom. The molecule has 0 aromatic heterocycles. The summed E-state index contributed by atoms with van der Waals surface area (Å²) in [6.07, 6.45) is 19.8. The minimum atomic E-state index is -1.66. The molecule has 0 spiro atoms. The molecule has 3 N–H and O–H groups in total. The summed E-state index contributed by atoms with van der Waals surface area (Å²) >= 11 is 0. The lowest BCUT2D eigenvalue weighted by molar-refractivity contribution is -0.190. The molecule has 0 aromatic carbocycles. The van der Waals surface area contributed by atoms with Gasteiger partial charge in [-0.2, -0.15) is 0 Å². The number of alkyl carbamates (subject to hydrolysis) is 3. The zero-order chi connectivity index (χ0) is 46.4. The van der Waals surface area contributed by atoms with Crippen LogP contribution in [0, 0.1) is 17.8 Å². The lowest BCUT2D eigenvalue weighted by Crippen LogP contribution is -2.56. The second-order valence-corrected chi connectivity index (χ2v) is 20.6. The summed E-state index contributed by atoms with van der Waals surface area (Å²) in [5, 5.41) is 8.89. The summed E-state index contributed by atoms with van der Waals surface area (Å²) in [5.74, 6) is -1.38. The molecule has 66 heavy (non-hydrogen) atoms. The first-order valence-corrected chi connectivity index (χ1v) is 26.6. The standard InChI is InChI=1S/C51H83N3O12/c55-44(31-36-19-7-1-8-20-36)61-34-43(64-50(59)53-40-27-15-5-16-28-40)47(65-46(57)33-38-23-11-3-12-24-38)48(66-51(60)54-41-29-17-6-18-30-41)42(63-45(56)32-37-21-9-2-10-22-37)35-62-49(58)52-39-25-13-4-14-26-39/h36-43,47-48H,1-35H2,(H,52,58)(H,53,59)(H,54,60).